The van der Waals surface area contributed by atoms with Gasteiger partial charge >= 0.3 is 0 Å². The van der Waals surface area contributed by atoms with E-state index in [9.17, 15) is 13.2 Å². The number of aryl methyl sites for hydroxylation is 1. The first-order valence-corrected chi connectivity index (χ1v) is 13.0. The molecule has 12 heteroatoms. The molecule has 0 saturated carbocycles. The minimum atomic E-state index is -3.47. The molecule has 3 rings (SSSR count). The van der Waals surface area contributed by atoms with Crippen molar-refractivity contribution in [3.05, 3.63) is 64.4 Å². The van der Waals surface area contributed by atoms with Gasteiger partial charge in [0, 0.05) is 42.6 Å². The molecule has 0 atom stereocenters. The van der Waals surface area contributed by atoms with Gasteiger partial charge in [0.05, 0.1) is 12.5 Å². The molecular formula is C23H28ClN7O3S. The largest absolute Gasteiger partial charge is 0.364 e. The highest BCUT2D eigenvalue weighted by Gasteiger charge is 2.17. The number of amides is 1. The topological polar surface area (TPSA) is 129 Å². The van der Waals surface area contributed by atoms with Gasteiger partial charge in [-0.3, -0.25) is 9.10 Å². The Labute approximate surface area is 210 Å². The number of benzene rings is 1. The van der Waals surface area contributed by atoms with Crippen molar-refractivity contribution in [3.8, 4) is 0 Å². The van der Waals surface area contributed by atoms with Gasteiger partial charge in [0.2, 0.25) is 16.0 Å². The quantitative estimate of drug-likeness (QED) is 0.391. The number of sulfonamides is 1. The van der Waals surface area contributed by atoms with Crippen LogP contribution >= 0.6 is 11.6 Å². The summed E-state index contributed by atoms with van der Waals surface area (Å²) in [5.74, 6) is 0.842. The van der Waals surface area contributed by atoms with Crippen LogP contribution in [-0.2, 0) is 16.6 Å². The molecule has 0 aliphatic heterocycles. The van der Waals surface area contributed by atoms with E-state index in [1.165, 1.54) is 19.4 Å². The van der Waals surface area contributed by atoms with E-state index in [1.54, 1.807) is 30.3 Å². The lowest BCUT2D eigenvalue weighted by Gasteiger charge is -2.19. The monoisotopic (exact) mass is 517 g/mol. The Kier molecular flexibility index (Phi) is 8.13. The first-order valence-electron chi connectivity index (χ1n) is 10.8. The molecule has 0 fully saturated rings. The van der Waals surface area contributed by atoms with Crippen LogP contribution in [0.2, 0.25) is 5.02 Å². The third kappa shape index (κ3) is 6.80. The lowest BCUT2D eigenvalue weighted by Crippen LogP contribution is -2.30. The minimum Gasteiger partial charge on any atom is -0.364 e. The smallest absolute Gasteiger partial charge is 0.251 e. The fraction of sp³-hybridized carbons (Fsp3) is 0.304. The maximum atomic E-state index is 12.2. The van der Waals surface area contributed by atoms with Crippen LogP contribution in [-0.4, -0.2) is 48.6 Å². The minimum absolute atomic E-state index is 0.0449. The molecule has 35 heavy (non-hydrogen) atoms. The zero-order valence-corrected chi connectivity index (χ0v) is 21.7. The summed E-state index contributed by atoms with van der Waals surface area (Å²) in [4.78, 5) is 25.1. The fourth-order valence-corrected chi connectivity index (χ4v) is 3.79. The van der Waals surface area contributed by atoms with Gasteiger partial charge in [-0.05, 0) is 50.6 Å². The molecule has 0 unspecified atom stereocenters. The summed E-state index contributed by atoms with van der Waals surface area (Å²) >= 11 is 6.29. The van der Waals surface area contributed by atoms with E-state index >= 15 is 0 Å². The summed E-state index contributed by atoms with van der Waals surface area (Å²) in [5.41, 5.74) is 2.80. The molecule has 2 aromatic heterocycles. The molecule has 3 aromatic rings. The summed E-state index contributed by atoms with van der Waals surface area (Å²) in [5, 5.41) is 9.43. The lowest BCUT2D eigenvalue weighted by molar-refractivity contribution is 0.0943. The number of halogens is 1. The van der Waals surface area contributed by atoms with Crippen LogP contribution in [0.15, 0.2) is 42.7 Å². The van der Waals surface area contributed by atoms with Gasteiger partial charge in [0.25, 0.3) is 5.91 Å². The number of rotatable bonds is 9. The van der Waals surface area contributed by atoms with Crippen molar-refractivity contribution < 1.29 is 13.2 Å². The van der Waals surface area contributed by atoms with Crippen LogP contribution in [0.3, 0.4) is 0 Å². The average molecular weight is 518 g/mol. The third-order valence-corrected chi connectivity index (χ3v) is 6.45. The van der Waals surface area contributed by atoms with Gasteiger partial charge in [0.1, 0.15) is 10.8 Å². The maximum absolute atomic E-state index is 12.2. The van der Waals surface area contributed by atoms with Crippen molar-refractivity contribution in [1.82, 2.24) is 20.3 Å². The van der Waals surface area contributed by atoms with Gasteiger partial charge < -0.3 is 16.0 Å². The first-order chi connectivity index (χ1) is 16.5. The summed E-state index contributed by atoms with van der Waals surface area (Å²) in [6.07, 6.45) is 4.11. The van der Waals surface area contributed by atoms with Crippen LogP contribution in [0.25, 0.3) is 0 Å². The highest BCUT2D eigenvalue weighted by Crippen LogP contribution is 2.25. The van der Waals surface area contributed by atoms with E-state index in [2.05, 4.69) is 30.9 Å². The Morgan fingerprint density at radius 1 is 1.20 bits per heavy atom. The van der Waals surface area contributed by atoms with E-state index in [-0.39, 0.29) is 18.5 Å². The molecule has 1 aromatic carbocycles. The Hall–Kier alpha value is -3.44. The summed E-state index contributed by atoms with van der Waals surface area (Å²) in [7, 11) is -2.03. The number of anilines is 4. The van der Waals surface area contributed by atoms with Crippen molar-refractivity contribution in [2.24, 2.45) is 0 Å². The zero-order chi connectivity index (χ0) is 25.8. The normalized spacial score (nSPS) is 11.3. The highest BCUT2D eigenvalue weighted by molar-refractivity contribution is 7.92. The van der Waals surface area contributed by atoms with E-state index in [1.807, 2.05) is 20.8 Å². The number of carbonyl (C=O) groups excluding carboxylic acids is 1. The number of nitrogens with one attached hydrogen (secondary N) is 3. The van der Waals surface area contributed by atoms with Gasteiger partial charge in [-0.2, -0.15) is 4.98 Å². The summed E-state index contributed by atoms with van der Waals surface area (Å²) in [6.45, 7) is 5.93. The van der Waals surface area contributed by atoms with Gasteiger partial charge in [-0.15, -0.1) is 0 Å². The number of pyridine rings is 1. The summed E-state index contributed by atoms with van der Waals surface area (Å²) in [6, 6.07) is 8.84. The maximum Gasteiger partial charge on any atom is 0.251 e. The third-order valence-electron chi connectivity index (χ3n) is 5.01. The molecule has 3 N–H and O–H groups in total. The Morgan fingerprint density at radius 3 is 2.60 bits per heavy atom. The lowest BCUT2D eigenvalue weighted by atomic mass is 10.1. The van der Waals surface area contributed by atoms with Crippen molar-refractivity contribution in [3.63, 3.8) is 0 Å². The van der Waals surface area contributed by atoms with E-state index in [0.29, 0.717) is 33.7 Å². The molecule has 2 heterocycles. The molecular weight excluding hydrogens is 490 g/mol. The fourth-order valence-electron chi connectivity index (χ4n) is 3.15. The van der Waals surface area contributed by atoms with Crippen LogP contribution in [0, 0.1) is 6.92 Å². The zero-order valence-electron chi connectivity index (χ0n) is 20.1. The molecule has 0 bridgehead atoms. The van der Waals surface area contributed by atoms with Crippen molar-refractivity contribution in [1.29, 1.82) is 0 Å². The number of hydrogen-bond donors (Lipinski definition) is 3. The van der Waals surface area contributed by atoms with E-state index < -0.39 is 10.0 Å². The molecule has 0 saturated heterocycles. The van der Waals surface area contributed by atoms with Crippen LogP contribution < -0.4 is 20.3 Å². The number of carbonyl (C=O) groups is 1. The second kappa shape index (κ2) is 10.9. The van der Waals surface area contributed by atoms with Gasteiger partial charge in [-0.1, -0.05) is 17.7 Å². The predicted octanol–water partition coefficient (Wildman–Crippen LogP) is 3.72. The predicted molar refractivity (Wildman–Crippen MR) is 139 cm³/mol. The van der Waals surface area contributed by atoms with Crippen molar-refractivity contribution in [2.45, 2.75) is 33.4 Å². The van der Waals surface area contributed by atoms with Crippen LogP contribution in [0.4, 0.5) is 23.3 Å². The van der Waals surface area contributed by atoms with E-state index in [4.69, 9.17) is 11.6 Å². The van der Waals surface area contributed by atoms with Crippen LogP contribution in [0.1, 0.15) is 35.3 Å². The Bertz CT molecular complexity index is 1330. The number of nitrogens with zero attached hydrogens (tertiary/aromatic N) is 4. The number of hydrogen-bond acceptors (Lipinski definition) is 8. The molecule has 186 valence electrons. The highest BCUT2D eigenvalue weighted by atomic mass is 35.5. The second-order valence-electron chi connectivity index (χ2n) is 8.24. The molecule has 1 amide bonds. The van der Waals surface area contributed by atoms with Gasteiger partial charge in [0.15, 0.2) is 5.82 Å². The summed E-state index contributed by atoms with van der Waals surface area (Å²) < 4.78 is 25.0. The van der Waals surface area contributed by atoms with Crippen LogP contribution in [0.5, 0.6) is 0 Å². The van der Waals surface area contributed by atoms with Crippen molar-refractivity contribution >= 4 is 50.8 Å². The molecule has 0 aliphatic rings. The Balaban J connectivity index is 1.77. The second-order valence-corrected chi connectivity index (χ2v) is 10.7. The first kappa shape index (κ1) is 26.2. The van der Waals surface area contributed by atoms with Gasteiger partial charge in [-0.25, -0.2) is 18.4 Å². The number of aromatic nitrogens is 3. The standard InChI is InChI=1S/C23H28ClN7O3S/c1-14(2)28-22(32)16-8-9-19(15(3)11-16)29-23-27-13-18(24)20(30-23)26-12-17-7-6-10-25-21(17)31(4)35(5,33)34/h6-11,13-14H,12H2,1-5H3,(H,28,32)(H2,26,27,29,30). The SMILES string of the molecule is Cc1cc(C(=O)NC(C)C)ccc1Nc1ncc(Cl)c(NCc2cccnc2N(C)S(C)(=O)=O)n1. The molecule has 10 nitrogen and oxygen atoms in total. The molecule has 0 radical (unpaired) electrons. The molecule has 0 aliphatic carbocycles. The molecule has 0 spiro atoms. The Morgan fingerprint density at radius 2 is 1.94 bits per heavy atom. The average Bonchev–Trinajstić information content (AvgIpc) is 2.79. The van der Waals surface area contributed by atoms with Crippen molar-refractivity contribution in [2.75, 3.05) is 28.2 Å². The van der Waals surface area contributed by atoms with E-state index in [0.717, 1.165) is 21.8 Å².